The fraction of sp³-hybridized carbons (Fsp3) is 0.240. The van der Waals surface area contributed by atoms with E-state index in [0.717, 1.165) is 5.39 Å². The van der Waals surface area contributed by atoms with Crippen LogP contribution in [-0.2, 0) is 17.8 Å². The zero-order valence-electron chi connectivity index (χ0n) is 20.3. The third-order valence-corrected chi connectivity index (χ3v) is 5.65. The molecule has 3 aromatic heterocycles. The van der Waals surface area contributed by atoms with Gasteiger partial charge in [-0.2, -0.15) is 4.98 Å². The van der Waals surface area contributed by atoms with Crippen molar-refractivity contribution < 1.29 is 28.3 Å². The van der Waals surface area contributed by atoms with Crippen LogP contribution in [0.25, 0.3) is 28.1 Å². The van der Waals surface area contributed by atoms with Crippen molar-refractivity contribution in [3.05, 3.63) is 70.2 Å². The van der Waals surface area contributed by atoms with E-state index in [9.17, 15) is 9.90 Å². The Morgan fingerprint density at radius 2 is 1.78 bits per heavy atom. The summed E-state index contributed by atoms with van der Waals surface area (Å²) in [7, 11) is 2.94. The lowest BCUT2D eigenvalue weighted by molar-refractivity contribution is 0.125. The topological polar surface area (TPSA) is 148 Å². The molecular weight excluding hydrogens is 482 g/mol. The number of aromatic nitrogens is 5. The van der Waals surface area contributed by atoms with Crippen LogP contribution in [0.15, 0.2) is 56.2 Å². The maximum atomic E-state index is 13.9. The van der Waals surface area contributed by atoms with E-state index < -0.39 is 11.4 Å². The number of ether oxygens (including phenoxy) is 3. The molecule has 3 heterocycles. The summed E-state index contributed by atoms with van der Waals surface area (Å²) in [5.74, 6) is 0.219. The van der Waals surface area contributed by atoms with Crippen LogP contribution in [-0.4, -0.2) is 50.8 Å². The van der Waals surface area contributed by atoms with Gasteiger partial charge in [-0.05, 0) is 31.2 Å². The van der Waals surface area contributed by atoms with Gasteiger partial charge in [0.2, 0.25) is 11.8 Å². The summed E-state index contributed by atoms with van der Waals surface area (Å²) in [6.07, 6.45) is 0.162. The van der Waals surface area contributed by atoms with Crippen molar-refractivity contribution in [1.82, 2.24) is 24.9 Å². The fourth-order valence-corrected chi connectivity index (χ4v) is 3.95. The van der Waals surface area contributed by atoms with E-state index in [1.807, 2.05) is 18.2 Å². The number of hydrogen-bond acceptors (Lipinski definition) is 11. The lowest BCUT2D eigenvalue weighted by atomic mass is 10.2. The third kappa shape index (κ3) is 4.38. The van der Waals surface area contributed by atoms with Gasteiger partial charge in [0.05, 0.1) is 20.6 Å². The number of para-hydroxylation sites is 2. The van der Waals surface area contributed by atoms with E-state index in [0.29, 0.717) is 29.4 Å². The summed E-state index contributed by atoms with van der Waals surface area (Å²) < 4.78 is 28.8. The van der Waals surface area contributed by atoms with Crippen LogP contribution in [0.4, 0.5) is 0 Å². The van der Waals surface area contributed by atoms with Crippen molar-refractivity contribution in [3.63, 3.8) is 0 Å². The van der Waals surface area contributed by atoms with Crippen molar-refractivity contribution in [3.8, 4) is 34.5 Å². The van der Waals surface area contributed by atoms with Gasteiger partial charge in [-0.1, -0.05) is 23.4 Å². The molecule has 190 valence electrons. The van der Waals surface area contributed by atoms with E-state index in [-0.39, 0.29) is 41.9 Å². The van der Waals surface area contributed by atoms with Crippen molar-refractivity contribution in [2.24, 2.45) is 0 Å². The maximum Gasteiger partial charge on any atom is 0.275 e. The largest absolute Gasteiger partial charge is 0.494 e. The molecule has 0 aliphatic carbocycles. The van der Waals surface area contributed by atoms with Gasteiger partial charge in [0.25, 0.3) is 11.4 Å². The average Bonchev–Trinajstić information content (AvgIpc) is 3.54. The van der Waals surface area contributed by atoms with E-state index >= 15 is 0 Å². The molecule has 0 amide bonds. The number of fused-ring (bicyclic) bond motifs is 1. The normalized spacial score (nSPS) is 11.2. The van der Waals surface area contributed by atoms with Gasteiger partial charge >= 0.3 is 0 Å². The molecule has 0 aliphatic rings. The SMILES string of the molecule is CCOCc1nc(O)c(-c2nnc(Cc3noc4ccccc34)o2)c(=O)n1-c1c(OC)cccc1OC. The fourth-order valence-electron chi connectivity index (χ4n) is 3.95. The van der Waals surface area contributed by atoms with Crippen LogP contribution in [0.1, 0.15) is 24.3 Å². The molecule has 0 spiro atoms. The first-order valence-electron chi connectivity index (χ1n) is 11.4. The molecule has 0 aliphatic heterocycles. The number of aromatic hydroxyl groups is 1. The standard InChI is InChI=1S/C25H23N5O7/c1-4-35-13-19-26-23(31)21(25(32)30(19)22-17(33-2)10-7-11-18(22)34-3)24-28-27-20(36-24)12-15-14-8-5-6-9-16(14)37-29-15/h5-11,31H,4,12-13H2,1-3H3. The van der Waals surface area contributed by atoms with Gasteiger partial charge in [-0.3, -0.25) is 9.36 Å². The highest BCUT2D eigenvalue weighted by Crippen LogP contribution is 2.34. The van der Waals surface area contributed by atoms with Crippen LogP contribution in [0.3, 0.4) is 0 Å². The van der Waals surface area contributed by atoms with Gasteiger partial charge < -0.3 is 28.3 Å². The van der Waals surface area contributed by atoms with Crippen LogP contribution >= 0.6 is 0 Å². The Labute approximate surface area is 210 Å². The lowest BCUT2D eigenvalue weighted by Gasteiger charge is -2.18. The number of nitrogens with zero attached hydrogens (tertiary/aromatic N) is 5. The van der Waals surface area contributed by atoms with Gasteiger partial charge in [-0.15, -0.1) is 10.2 Å². The van der Waals surface area contributed by atoms with Gasteiger partial charge in [0, 0.05) is 12.0 Å². The van der Waals surface area contributed by atoms with Crippen LogP contribution in [0.2, 0.25) is 0 Å². The van der Waals surface area contributed by atoms with Crippen molar-refractivity contribution in [2.75, 3.05) is 20.8 Å². The Morgan fingerprint density at radius 1 is 1.03 bits per heavy atom. The minimum absolute atomic E-state index is 0.0604. The minimum atomic E-state index is -0.674. The highest BCUT2D eigenvalue weighted by atomic mass is 16.5. The number of hydrogen-bond donors (Lipinski definition) is 1. The minimum Gasteiger partial charge on any atom is -0.494 e. The molecule has 0 unspecified atom stereocenters. The molecule has 2 aromatic carbocycles. The highest BCUT2D eigenvalue weighted by molar-refractivity contribution is 5.79. The Bertz CT molecular complexity index is 1600. The number of rotatable bonds is 9. The van der Waals surface area contributed by atoms with Gasteiger partial charge in [-0.25, -0.2) is 0 Å². The van der Waals surface area contributed by atoms with Crippen molar-refractivity contribution >= 4 is 11.0 Å². The monoisotopic (exact) mass is 505 g/mol. The molecule has 5 aromatic rings. The maximum absolute atomic E-state index is 13.9. The van der Waals surface area contributed by atoms with E-state index in [1.54, 1.807) is 31.2 Å². The van der Waals surface area contributed by atoms with Crippen LogP contribution in [0.5, 0.6) is 17.4 Å². The summed E-state index contributed by atoms with van der Waals surface area (Å²) in [6, 6.07) is 12.4. The smallest absolute Gasteiger partial charge is 0.275 e. The van der Waals surface area contributed by atoms with E-state index in [1.165, 1.54) is 18.8 Å². The molecule has 1 N–H and O–H groups in total. The summed E-state index contributed by atoms with van der Waals surface area (Å²) in [6.45, 7) is 2.11. The molecule has 12 nitrogen and oxygen atoms in total. The molecule has 0 fully saturated rings. The second-order valence-corrected chi connectivity index (χ2v) is 7.82. The summed E-state index contributed by atoms with van der Waals surface area (Å²) in [5, 5.41) is 23.7. The highest BCUT2D eigenvalue weighted by Gasteiger charge is 2.27. The van der Waals surface area contributed by atoms with Crippen LogP contribution in [0, 0.1) is 0 Å². The molecule has 5 rings (SSSR count). The zero-order chi connectivity index (χ0) is 25.9. The Kier molecular flexibility index (Phi) is 6.56. The van der Waals surface area contributed by atoms with E-state index in [2.05, 4.69) is 20.3 Å². The second kappa shape index (κ2) is 10.1. The summed E-state index contributed by atoms with van der Waals surface area (Å²) in [5.41, 5.74) is 0.549. The first-order chi connectivity index (χ1) is 18.0. The molecular formula is C25H23N5O7. The third-order valence-electron chi connectivity index (χ3n) is 5.65. The van der Waals surface area contributed by atoms with Gasteiger partial charge in [0.15, 0.2) is 11.1 Å². The Hall–Kier alpha value is -4.71. The molecule has 0 radical (unpaired) electrons. The molecule has 0 atom stereocenters. The Balaban J connectivity index is 1.63. The predicted octanol–water partition coefficient (Wildman–Crippen LogP) is 3.27. The van der Waals surface area contributed by atoms with E-state index in [4.69, 9.17) is 23.2 Å². The summed E-state index contributed by atoms with van der Waals surface area (Å²) >= 11 is 0. The van der Waals surface area contributed by atoms with Crippen molar-refractivity contribution in [2.45, 2.75) is 20.0 Å². The molecule has 12 heteroatoms. The number of benzene rings is 2. The quantitative estimate of drug-likeness (QED) is 0.315. The van der Waals surface area contributed by atoms with Crippen molar-refractivity contribution in [1.29, 1.82) is 0 Å². The Morgan fingerprint density at radius 3 is 2.51 bits per heavy atom. The second-order valence-electron chi connectivity index (χ2n) is 7.82. The molecule has 37 heavy (non-hydrogen) atoms. The van der Waals surface area contributed by atoms with Crippen LogP contribution < -0.4 is 15.0 Å². The van der Waals surface area contributed by atoms with Gasteiger partial charge in [0.1, 0.15) is 35.3 Å². The average molecular weight is 505 g/mol. The lowest BCUT2D eigenvalue weighted by Crippen LogP contribution is -2.26. The summed E-state index contributed by atoms with van der Waals surface area (Å²) in [4.78, 5) is 18.1. The molecule has 0 saturated heterocycles. The molecule has 0 saturated carbocycles. The number of methoxy groups -OCH3 is 2. The first kappa shape index (κ1) is 24.0. The predicted molar refractivity (Wildman–Crippen MR) is 130 cm³/mol. The first-order valence-corrected chi connectivity index (χ1v) is 11.4. The molecule has 0 bridgehead atoms. The zero-order valence-corrected chi connectivity index (χ0v) is 20.3.